The zero-order valence-electron chi connectivity index (χ0n) is 11.8. The molecule has 1 amide bonds. The molecule has 2 aliphatic heterocycles. The van der Waals surface area contributed by atoms with E-state index < -0.39 is 0 Å². The number of carbonyl (C=O) groups excluding carboxylic acids is 1. The standard InChI is InChI=1S/C14H26N2OS/c1-4-16(14(17)10(2)9-18-3)13-7-11-5-6-12(8-13)15-11/h10-13,15H,4-9H2,1-3H3. The van der Waals surface area contributed by atoms with Crippen molar-refractivity contribution in [1.29, 1.82) is 0 Å². The molecule has 2 saturated heterocycles. The van der Waals surface area contributed by atoms with Crippen molar-refractivity contribution in [3.8, 4) is 0 Å². The van der Waals surface area contributed by atoms with Crippen LogP contribution < -0.4 is 5.32 Å². The van der Waals surface area contributed by atoms with E-state index >= 15 is 0 Å². The van der Waals surface area contributed by atoms with Crippen LogP contribution >= 0.6 is 11.8 Å². The lowest BCUT2D eigenvalue weighted by Gasteiger charge is -2.38. The van der Waals surface area contributed by atoms with Crippen LogP contribution in [-0.2, 0) is 4.79 Å². The predicted octanol–water partition coefficient (Wildman–Crippen LogP) is 2.12. The molecule has 1 N–H and O–H groups in total. The van der Waals surface area contributed by atoms with E-state index in [2.05, 4.69) is 30.3 Å². The van der Waals surface area contributed by atoms with E-state index in [0.29, 0.717) is 24.0 Å². The van der Waals surface area contributed by atoms with Crippen LogP contribution in [0.15, 0.2) is 0 Å². The Morgan fingerprint density at radius 1 is 1.39 bits per heavy atom. The quantitative estimate of drug-likeness (QED) is 0.830. The van der Waals surface area contributed by atoms with Gasteiger partial charge in [0.15, 0.2) is 0 Å². The van der Waals surface area contributed by atoms with E-state index in [1.54, 1.807) is 11.8 Å². The molecule has 0 saturated carbocycles. The number of thioether (sulfide) groups is 1. The fraction of sp³-hybridized carbons (Fsp3) is 0.929. The highest BCUT2D eigenvalue weighted by atomic mass is 32.2. The molecule has 0 aromatic carbocycles. The lowest BCUT2D eigenvalue weighted by atomic mass is 9.97. The molecule has 2 fully saturated rings. The first-order chi connectivity index (χ1) is 8.65. The fourth-order valence-electron chi connectivity index (χ4n) is 3.48. The van der Waals surface area contributed by atoms with Gasteiger partial charge in [-0.1, -0.05) is 6.92 Å². The second kappa shape index (κ2) is 6.29. The van der Waals surface area contributed by atoms with Crippen molar-refractivity contribution in [2.45, 2.75) is 57.7 Å². The van der Waals surface area contributed by atoms with Gasteiger partial charge in [-0.05, 0) is 38.9 Å². The summed E-state index contributed by atoms with van der Waals surface area (Å²) in [5.41, 5.74) is 0. The van der Waals surface area contributed by atoms with Crippen LogP contribution in [0.3, 0.4) is 0 Å². The van der Waals surface area contributed by atoms with Crippen molar-refractivity contribution in [1.82, 2.24) is 10.2 Å². The van der Waals surface area contributed by atoms with Crippen LogP contribution in [0.5, 0.6) is 0 Å². The first kappa shape index (κ1) is 14.2. The molecule has 3 atom stereocenters. The van der Waals surface area contributed by atoms with Gasteiger partial charge in [0.25, 0.3) is 0 Å². The van der Waals surface area contributed by atoms with Gasteiger partial charge in [-0.15, -0.1) is 0 Å². The molecule has 18 heavy (non-hydrogen) atoms. The summed E-state index contributed by atoms with van der Waals surface area (Å²) in [6.45, 7) is 5.05. The third kappa shape index (κ3) is 3.02. The number of rotatable bonds is 5. The molecule has 2 heterocycles. The second-order valence-corrected chi connectivity index (χ2v) is 6.65. The van der Waals surface area contributed by atoms with Gasteiger partial charge in [0.2, 0.25) is 5.91 Å². The molecule has 0 aromatic rings. The number of piperidine rings is 1. The van der Waals surface area contributed by atoms with Gasteiger partial charge in [0.1, 0.15) is 0 Å². The third-order valence-corrected chi connectivity index (χ3v) is 5.18. The summed E-state index contributed by atoms with van der Waals surface area (Å²) in [5.74, 6) is 1.46. The minimum Gasteiger partial charge on any atom is -0.340 e. The SMILES string of the molecule is CCN(C(=O)C(C)CSC)C1CC2CCC(C1)N2. The largest absolute Gasteiger partial charge is 0.340 e. The Bertz CT molecular complexity index is 286. The predicted molar refractivity (Wildman–Crippen MR) is 77.9 cm³/mol. The molecule has 2 aliphatic rings. The number of nitrogens with one attached hydrogen (secondary N) is 1. The van der Waals surface area contributed by atoms with Gasteiger partial charge in [-0.2, -0.15) is 11.8 Å². The van der Waals surface area contributed by atoms with Crippen molar-refractivity contribution < 1.29 is 4.79 Å². The third-order valence-electron chi connectivity index (χ3n) is 4.35. The minimum atomic E-state index is 0.160. The zero-order valence-corrected chi connectivity index (χ0v) is 12.6. The maximum atomic E-state index is 12.5. The summed E-state index contributed by atoms with van der Waals surface area (Å²) >= 11 is 1.77. The van der Waals surface area contributed by atoms with Crippen molar-refractivity contribution in [2.24, 2.45) is 5.92 Å². The van der Waals surface area contributed by atoms with E-state index in [1.807, 2.05) is 0 Å². The molecule has 2 rings (SSSR count). The fourth-order valence-corrected chi connectivity index (χ4v) is 4.12. The van der Waals surface area contributed by atoms with E-state index in [9.17, 15) is 4.79 Å². The first-order valence-electron chi connectivity index (χ1n) is 7.21. The van der Waals surface area contributed by atoms with E-state index in [1.165, 1.54) is 12.8 Å². The molecule has 3 nitrogen and oxygen atoms in total. The van der Waals surface area contributed by atoms with Gasteiger partial charge in [-0.25, -0.2) is 0 Å². The highest BCUT2D eigenvalue weighted by molar-refractivity contribution is 7.98. The molecule has 104 valence electrons. The highest BCUT2D eigenvalue weighted by Gasteiger charge is 2.37. The summed E-state index contributed by atoms with van der Waals surface area (Å²) in [4.78, 5) is 14.6. The summed E-state index contributed by atoms with van der Waals surface area (Å²) in [5, 5.41) is 3.65. The summed E-state index contributed by atoms with van der Waals surface area (Å²) in [6.07, 6.45) is 6.98. The molecule has 2 bridgehead atoms. The van der Waals surface area contributed by atoms with Gasteiger partial charge < -0.3 is 10.2 Å². The Labute approximate surface area is 115 Å². The molecule has 0 aromatic heterocycles. The van der Waals surface area contributed by atoms with Crippen LogP contribution in [-0.4, -0.2) is 47.5 Å². The van der Waals surface area contributed by atoms with Gasteiger partial charge in [0, 0.05) is 36.3 Å². The van der Waals surface area contributed by atoms with Crippen LogP contribution in [0.1, 0.15) is 39.5 Å². The maximum absolute atomic E-state index is 12.5. The summed E-state index contributed by atoms with van der Waals surface area (Å²) in [7, 11) is 0. The van der Waals surface area contributed by atoms with Crippen LogP contribution in [0.4, 0.5) is 0 Å². The molecule has 0 radical (unpaired) electrons. The van der Waals surface area contributed by atoms with Gasteiger partial charge >= 0.3 is 0 Å². The minimum absolute atomic E-state index is 0.160. The van der Waals surface area contributed by atoms with E-state index in [-0.39, 0.29) is 5.92 Å². The van der Waals surface area contributed by atoms with Gasteiger partial charge in [-0.3, -0.25) is 4.79 Å². The smallest absolute Gasteiger partial charge is 0.226 e. The summed E-state index contributed by atoms with van der Waals surface area (Å²) < 4.78 is 0. The molecular weight excluding hydrogens is 244 g/mol. The summed E-state index contributed by atoms with van der Waals surface area (Å²) in [6, 6.07) is 1.79. The lowest BCUT2D eigenvalue weighted by Crippen LogP contribution is -2.51. The Morgan fingerprint density at radius 2 is 2.00 bits per heavy atom. The lowest BCUT2D eigenvalue weighted by molar-refractivity contribution is -0.137. The number of amides is 1. The second-order valence-electron chi connectivity index (χ2n) is 5.74. The maximum Gasteiger partial charge on any atom is 0.226 e. The Balaban J connectivity index is 1.97. The topological polar surface area (TPSA) is 32.3 Å². The average molecular weight is 270 g/mol. The van der Waals surface area contributed by atoms with Crippen LogP contribution in [0.25, 0.3) is 0 Å². The molecule has 4 heteroatoms. The van der Waals surface area contributed by atoms with Crippen molar-refractivity contribution in [3.05, 3.63) is 0 Å². The number of carbonyl (C=O) groups is 1. The molecule has 0 aliphatic carbocycles. The van der Waals surface area contributed by atoms with Crippen molar-refractivity contribution in [2.75, 3.05) is 18.6 Å². The molecule has 3 unspecified atom stereocenters. The van der Waals surface area contributed by atoms with Crippen LogP contribution in [0.2, 0.25) is 0 Å². The molecular formula is C14H26N2OS. The number of hydrogen-bond acceptors (Lipinski definition) is 3. The Kier molecular flexibility index (Phi) is 4.96. The monoisotopic (exact) mass is 270 g/mol. The number of nitrogens with zero attached hydrogens (tertiary/aromatic N) is 1. The van der Waals surface area contributed by atoms with Crippen molar-refractivity contribution >= 4 is 17.7 Å². The number of hydrogen-bond donors (Lipinski definition) is 1. The van der Waals surface area contributed by atoms with Crippen LogP contribution in [0, 0.1) is 5.92 Å². The Morgan fingerprint density at radius 3 is 2.50 bits per heavy atom. The first-order valence-corrected chi connectivity index (χ1v) is 8.60. The highest BCUT2D eigenvalue weighted by Crippen LogP contribution is 2.30. The molecule has 0 spiro atoms. The van der Waals surface area contributed by atoms with Gasteiger partial charge in [0.05, 0.1) is 0 Å². The Hall–Kier alpha value is -0.220. The van der Waals surface area contributed by atoms with E-state index in [4.69, 9.17) is 0 Å². The van der Waals surface area contributed by atoms with Crippen molar-refractivity contribution in [3.63, 3.8) is 0 Å². The van der Waals surface area contributed by atoms with E-state index in [0.717, 1.165) is 25.1 Å². The average Bonchev–Trinajstić information content (AvgIpc) is 2.69. The zero-order chi connectivity index (χ0) is 13.1. The number of fused-ring (bicyclic) bond motifs is 2. The normalized spacial score (nSPS) is 32.3.